The lowest BCUT2D eigenvalue weighted by atomic mass is 10.0. The van der Waals surface area contributed by atoms with Gasteiger partial charge in [-0.05, 0) is 51.8 Å². The highest BCUT2D eigenvalue weighted by molar-refractivity contribution is 9.11. The van der Waals surface area contributed by atoms with E-state index in [4.69, 9.17) is 0 Å². The first-order chi connectivity index (χ1) is 11.2. The molecule has 124 valence electrons. The molecule has 1 aliphatic rings. The van der Waals surface area contributed by atoms with Crippen molar-refractivity contribution in [2.24, 2.45) is 0 Å². The minimum atomic E-state index is -4.73. The zero-order valence-electron chi connectivity index (χ0n) is 11.6. The van der Waals surface area contributed by atoms with Crippen molar-refractivity contribution < 1.29 is 22.4 Å². The molecule has 0 fully saturated rings. The number of alkyl halides is 3. The highest BCUT2D eigenvalue weighted by atomic mass is 79.9. The number of carbonyl (C=O) groups excluding carboxylic acids is 1. The van der Waals surface area contributed by atoms with Crippen LogP contribution in [0.4, 0.5) is 23.2 Å². The Labute approximate surface area is 150 Å². The van der Waals surface area contributed by atoms with E-state index in [1.165, 1.54) is 0 Å². The number of hydrogen-bond acceptors (Lipinski definition) is 1. The van der Waals surface area contributed by atoms with Crippen molar-refractivity contribution in [2.75, 3.05) is 5.32 Å². The smallest absolute Gasteiger partial charge is 0.320 e. The first-order valence-corrected chi connectivity index (χ1v) is 8.14. The maximum atomic E-state index is 13.2. The van der Waals surface area contributed by atoms with Crippen LogP contribution < -0.4 is 5.32 Å². The lowest BCUT2D eigenvalue weighted by molar-refractivity contribution is -0.137. The third-order valence-electron chi connectivity index (χ3n) is 3.45. The molecule has 1 heterocycles. The van der Waals surface area contributed by atoms with Crippen LogP contribution in [0.25, 0.3) is 11.6 Å². The Kier molecular flexibility index (Phi) is 4.29. The Morgan fingerprint density at radius 3 is 2.46 bits per heavy atom. The van der Waals surface area contributed by atoms with E-state index >= 15 is 0 Å². The summed E-state index contributed by atoms with van der Waals surface area (Å²) in [4.78, 5) is 12.2. The average Bonchev–Trinajstić information content (AvgIpc) is 2.77. The van der Waals surface area contributed by atoms with Crippen LogP contribution in [0.5, 0.6) is 0 Å². The fraction of sp³-hybridized carbons (Fsp3) is 0.0625. The second kappa shape index (κ2) is 6.00. The largest absolute Gasteiger partial charge is 0.417 e. The van der Waals surface area contributed by atoms with Crippen molar-refractivity contribution in [3.8, 4) is 0 Å². The van der Waals surface area contributed by atoms with Crippen LogP contribution in [-0.2, 0) is 11.0 Å². The molecule has 0 unspecified atom stereocenters. The van der Waals surface area contributed by atoms with Crippen LogP contribution in [0.15, 0.2) is 39.3 Å². The zero-order chi connectivity index (χ0) is 17.6. The normalized spacial score (nSPS) is 15.6. The highest BCUT2D eigenvalue weighted by Gasteiger charge is 2.34. The quantitative estimate of drug-likeness (QED) is 0.415. The first kappa shape index (κ1) is 17.2. The van der Waals surface area contributed by atoms with E-state index in [0.717, 1.165) is 18.2 Å². The van der Waals surface area contributed by atoms with Gasteiger partial charge in [-0.25, -0.2) is 4.39 Å². The number of anilines is 1. The molecule has 1 N–H and O–H groups in total. The first-order valence-electron chi connectivity index (χ1n) is 6.56. The van der Waals surface area contributed by atoms with Gasteiger partial charge in [-0.1, -0.05) is 22.0 Å². The Morgan fingerprint density at radius 1 is 1.08 bits per heavy atom. The predicted molar refractivity (Wildman–Crippen MR) is 89.7 cm³/mol. The second-order valence-electron chi connectivity index (χ2n) is 5.05. The number of benzene rings is 2. The fourth-order valence-corrected chi connectivity index (χ4v) is 3.74. The molecular formula is C16H7Br2F4NO. The molecule has 2 aromatic carbocycles. The van der Waals surface area contributed by atoms with Gasteiger partial charge in [0.25, 0.3) is 5.91 Å². The summed E-state index contributed by atoms with van der Waals surface area (Å²) in [7, 11) is 0. The lowest BCUT2D eigenvalue weighted by Crippen LogP contribution is -2.09. The Morgan fingerprint density at radius 2 is 1.79 bits per heavy atom. The summed E-state index contributed by atoms with van der Waals surface area (Å²) in [5.41, 5.74) is -0.406. The van der Waals surface area contributed by atoms with E-state index in [-0.39, 0.29) is 11.1 Å². The molecule has 2 aromatic rings. The fourth-order valence-electron chi connectivity index (χ4n) is 2.41. The predicted octanol–water partition coefficient (Wildman–Crippen LogP) is 5.86. The summed E-state index contributed by atoms with van der Waals surface area (Å²) in [6.45, 7) is 0. The number of hydrogen-bond donors (Lipinski definition) is 1. The molecule has 0 saturated carbocycles. The highest BCUT2D eigenvalue weighted by Crippen LogP contribution is 2.41. The number of amides is 1. The molecule has 1 aliphatic heterocycles. The molecule has 0 aromatic heterocycles. The van der Waals surface area contributed by atoms with Crippen LogP contribution >= 0.6 is 31.9 Å². The lowest BCUT2D eigenvalue weighted by Gasteiger charge is -2.11. The molecular weight excluding hydrogens is 458 g/mol. The van der Waals surface area contributed by atoms with Crippen LogP contribution in [-0.4, -0.2) is 5.91 Å². The van der Waals surface area contributed by atoms with Crippen LogP contribution in [0.2, 0.25) is 0 Å². The summed E-state index contributed by atoms with van der Waals surface area (Å²) in [6.07, 6.45) is -3.62. The summed E-state index contributed by atoms with van der Waals surface area (Å²) >= 11 is 6.57. The molecule has 0 radical (unpaired) electrons. The number of halogens is 6. The molecule has 0 saturated heterocycles. The summed E-state index contributed by atoms with van der Waals surface area (Å²) in [6, 6.07) is 5.67. The van der Waals surface area contributed by atoms with E-state index in [1.54, 1.807) is 12.1 Å². The van der Waals surface area contributed by atoms with Gasteiger partial charge in [-0.3, -0.25) is 4.79 Å². The monoisotopic (exact) mass is 463 g/mol. The summed E-state index contributed by atoms with van der Waals surface area (Å²) in [5, 5.41) is 2.60. The van der Waals surface area contributed by atoms with Gasteiger partial charge in [0.15, 0.2) is 0 Å². The molecule has 0 bridgehead atoms. The maximum absolute atomic E-state index is 13.2. The Balaban J connectivity index is 2.20. The van der Waals surface area contributed by atoms with Crippen molar-refractivity contribution in [1.82, 2.24) is 0 Å². The molecule has 0 atom stereocenters. The van der Waals surface area contributed by atoms with Crippen molar-refractivity contribution in [2.45, 2.75) is 6.18 Å². The molecule has 0 spiro atoms. The van der Waals surface area contributed by atoms with E-state index in [0.29, 0.717) is 26.3 Å². The average molecular weight is 465 g/mol. The van der Waals surface area contributed by atoms with Crippen molar-refractivity contribution in [1.29, 1.82) is 0 Å². The van der Waals surface area contributed by atoms with E-state index in [9.17, 15) is 22.4 Å². The topological polar surface area (TPSA) is 29.1 Å². The number of fused-ring (bicyclic) bond motifs is 1. The van der Waals surface area contributed by atoms with Crippen LogP contribution in [0, 0.1) is 5.82 Å². The molecule has 24 heavy (non-hydrogen) atoms. The molecule has 8 heteroatoms. The SMILES string of the molecule is O=C1Nc2c(Br)cc(Br)cc2C1=Cc1ccc(F)cc1C(F)(F)F. The number of carbonyl (C=O) groups is 1. The Hall–Kier alpha value is -1.67. The third kappa shape index (κ3) is 3.12. The number of rotatable bonds is 1. The van der Waals surface area contributed by atoms with E-state index in [1.807, 2.05) is 0 Å². The minimum Gasteiger partial charge on any atom is -0.320 e. The van der Waals surface area contributed by atoms with Gasteiger partial charge in [0, 0.05) is 20.1 Å². The summed E-state index contributed by atoms with van der Waals surface area (Å²) < 4.78 is 53.8. The van der Waals surface area contributed by atoms with Crippen LogP contribution in [0.3, 0.4) is 0 Å². The van der Waals surface area contributed by atoms with Gasteiger partial charge < -0.3 is 5.32 Å². The van der Waals surface area contributed by atoms with Crippen LogP contribution in [0.1, 0.15) is 16.7 Å². The van der Waals surface area contributed by atoms with Gasteiger partial charge >= 0.3 is 6.18 Å². The van der Waals surface area contributed by atoms with Crippen molar-refractivity contribution >= 4 is 55.1 Å². The van der Waals surface area contributed by atoms with E-state index < -0.39 is 23.5 Å². The van der Waals surface area contributed by atoms with Gasteiger partial charge in [-0.15, -0.1) is 0 Å². The molecule has 0 aliphatic carbocycles. The Bertz CT molecular complexity index is 890. The minimum absolute atomic E-state index is 0.0732. The molecule has 2 nitrogen and oxygen atoms in total. The van der Waals surface area contributed by atoms with Gasteiger partial charge in [0.2, 0.25) is 0 Å². The van der Waals surface area contributed by atoms with Crippen molar-refractivity contribution in [3.63, 3.8) is 0 Å². The van der Waals surface area contributed by atoms with Gasteiger partial charge in [-0.2, -0.15) is 13.2 Å². The van der Waals surface area contributed by atoms with Gasteiger partial charge in [0.05, 0.1) is 11.3 Å². The van der Waals surface area contributed by atoms with Gasteiger partial charge in [0.1, 0.15) is 5.82 Å². The zero-order valence-corrected chi connectivity index (χ0v) is 14.8. The summed E-state index contributed by atoms with van der Waals surface area (Å²) in [5.74, 6) is -1.52. The third-order valence-corrected chi connectivity index (χ3v) is 4.53. The second-order valence-corrected chi connectivity index (χ2v) is 6.82. The van der Waals surface area contributed by atoms with Crippen molar-refractivity contribution in [3.05, 3.63) is 61.8 Å². The molecule has 3 rings (SSSR count). The standard InChI is InChI=1S/C16H7Br2F4NO/c17-8-4-10-11(15(24)23-14(10)13(18)5-8)3-7-1-2-9(19)6-12(7)16(20,21)22/h1-6H,(H,23,24). The number of nitrogens with one attached hydrogen (secondary N) is 1. The maximum Gasteiger partial charge on any atom is 0.417 e. The van der Waals surface area contributed by atoms with E-state index in [2.05, 4.69) is 37.2 Å². The molecule has 1 amide bonds.